The predicted octanol–water partition coefficient (Wildman–Crippen LogP) is 3.00. The summed E-state index contributed by atoms with van der Waals surface area (Å²) in [6.45, 7) is 4.43. The number of alkyl halides is 3. The van der Waals surface area contributed by atoms with E-state index < -0.39 is 24.2 Å². The van der Waals surface area contributed by atoms with Gasteiger partial charge in [0.1, 0.15) is 11.4 Å². The fourth-order valence-electron chi connectivity index (χ4n) is 4.06. The first kappa shape index (κ1) is 21.6. The van der Waals surface area contributed by atoms with E-state index in [1.807, 2.05) is 6.07 Å². The van der Waals surface area contributed by atoms with E-state index in [0.29, 0.717) is 19.8 Å². The van der Waals surface area contributed by atoms with E-state index in [1.54, 1.807) is 24.3 Å². The molecule has 0 bridgehead atoms. The smallest absolute Gasteiger partial charge is 0.379 e. The summed E-state index contributed by atoms with van der Waals surface area (Å²) in [5.74, 6) is -0.321. The van der Waals surface area contributed by atoms with Crippen molar-refractivity contribution in [1.82, 2.24) is 20.0 Å². The van der Waals surface area contributed by atoms with Crippen LogP contribution >= 0.6 is 0 Å². The third-order valence-electron chi connectivity index (χ3n) is 5.73. The Hall–Kier alpha value is -2.59. The molecule has 1 amide bonds. The Kier molecular flexibility index (Phi) is 6.47. The zero-order valence-electron chi connectivity index (χ0n) is 17.1. The normalized spacial score (nSPS) is 21.9. The number of hydrogen-bond acceptors (Lipinski definition) is 5. The molecule has 0 aliphatic carbocycles. The van der Waals surface area contributed by atoms with Gasteiger partial charge in [-0.05, 0) is 18.5 Å². The first-order valence-corrected chi connectivity index (χ1v) is 10.5. The van der Waals surface area contributed by atoms with Crippen LogP contribution in [0.3, 0.4) is 0 Å². The number of fused-ring (bicyclic) bond motifs is 1. The van der Waals surface area contributed by atoms with Crippen LogP contribution in [0.1, 0.15) is 40.8 Å². The molecule has 2 aromatic rings. The molecular weight excluding hydrogens is 411 g/mol. The Labute approximate surface area is 178 Å². The number of rotatable bonds is 6. The highest BCUT2D eigenvalue weighted by atomic mass is 19.4. The molecular formula is C21H26F3N5O2. The Morgan fingerprint density at radius 1 is 1.23 bits per heavy atom. The number of morpholine rings is 1. The SMILES string of the molecule is O=C(NCCCN1CCOCC1)c1cnn2c1N[C@@H](c1ccccc1)C[C@H]2C(F)(F)F. The Morgan fingerprint density at radius 3 is 2.68 bits per heavy atom. The first-order valence-electron chi connectivity index (χ1n) is 10.5. The lowest BCUT2D eigenvalue weighted by atomic mass is 9.96. The van der Waals surface area contributed by atoms with Crippen molar-refractivity contribution >= 4 is 11.7 Å². The van der Waals surface area contributed by atoms with Crippen LogP contribution in [0.5, 0.6) is 0 Å². The van der Waals surface area contributed by atoms with Crippen LogP contribution in [0.25, 0.3) is 0 Å². The van der Waals surface area contributed by atoms with E-state index in [1.165, 1.54) is 6.20 Å². The molecule has 10 heteroatoms. The summed E-state index contributed by atoms with van der Waals surface area (Å²) in [4.78, 5) is 15.0. The number of hydrogen-bond donors (Lipinski definition) is 2. The van der Waals surface area contributed by atoms with E-state index in [-0.39, 0.29) is 17.8 Å². The van der Waals surface area contributed by atoms with Gasteiger partial charge >= 0.3 is 6.18 Å². The second-order valence-corrected chi connectivity index (χ2v) is 7.82. The molecule has 4 rings (SSSR count). The van der Waals surface area contributed by atoms with Gasteiger partial charge in [-0.15, -0.1) is 0 Å². The lowest BCUT2D eigenvalue weighted by molar-refractivity contribution is -0.173. The van der Waals surface area contributed by atoms with Gasteiger partial charge in [-0.3, -0.25) is 9.69 Å². The van der Waals surface area contributed by atoms with Crippen LogP contribution in [0.2, 0.25) is 0 Å². The number of benzene rings is 1. The van der Waals surface area contributed by atoms with Crippen LogP contribution in [0, 0.1) is 0 Å². The third-order valence-corrected chi connectivity index (χ3v) is 5.73. The fraction of sp³-hybridized carbons (Fsp3) is 0.524. The van der Waals surface area contributed by atoms with E-state index in [9.17, 15) is 18.0 Å². The van der Waals surface area contributed by atoms with Crippen LogP contribution < -0.4 is 10.6 Å². The van der Waals surface area contributed by atoms with Crippen molar-refractivity contribution in [3.05, 3.63) is 47.7 Å². The predicted molar refractivity (Wildman–Crippen MR) is 109 cm³/mol. The number of halogens is 3. The molecule has 168 valence electrons. The molecule has 1 aromatic heterocycles. The van der Waals surface area contributed by atoms with Crippen LogP contribution in [-0.4, -0.2) is 66.2 Å². The molecule has 7 nitrogen and oxygen atoms in total. The maximum atomic E-state index is 13.7. The summed E-state index contributed by atoms with van der Waals surface area (Å²) in [6.07, 6.45) is -2.70. The average molecular weight is 437 g/mol. The van der Waals surface area contributed by atoms with Crippen LogP contribution in [-0.2, 0) is 4.74 Å². The monoisotopic (exact) mass is 437 g/mol. The van der Waals surface area contributed by atoms with Gasteiger partial charge < -0.3 is 15.4 Å². The van der Waals surface area contributed by atoms with Crippen molar-refractivity contribution in [2.45, 2.75) is 31.1 Å². The molecule has 0 saturated carbocycles. The Balaban J connectivity index is 1.45. The zero-order chi connectivity index (χ0) is 21.8. The van der Waals surface area contributed by atoms with Crippen molar-refractivity contribution in [1.29, 1.82) is 0 Å². The quantitative estimate of drug-likeness (QED) is 0.680. The highest BCUT2D eigenvalue weighted by Crippen LogP contribution is 2.44. The summed E-state index contributed by atoms with van der Waals surface area (Å²) in [6, 6.07) is 6.58. The molecule has 1 fully saturated rings. The van der Waals surface area contributed by atoms with Crippen LogP contribution in [0.15, 0.2) is 36.5 Å². The second-order valence-electron chi connectivity index (χ2n) is 7.82. The maximum Gasteiger partial charge on any atom is 0.410 e. The van der Waals surface area contributed by atoms with E-state index >= 15 is 0 Å². The Morgan fingerprint density at radius 2 is 1.97 bits per heavy atom. The number of carbonyl (C=O) groups excluding carboxylic acids is 1. The van der Waals surface area contributed by atoms with Gasteiger partial charge in [-0.25, -0.2) is 4.68 Å². The minimum atomic E-state index is -4.47. The summed E-state index contributed by atoms with van der Waals surface area (Å²) in [7, 11) is 0. The number of nitrogens with zero attached hydrogens (tertiary/aromatic N) is 3. The number of anilines is 1. The fourth-order valence-corrected chi connectivity index (χ4v) is 4.06. The largest absolute Gasteiger partial charge is 0.410 e. The molecule has 2 atom stereocenters. The molecule has 1 saturated heterocycles. The molecule has 31 heavy (non-hydrogen) atoms. The van der Waals surface area contributed by atoms with Crippen molar-refractivity contribution in [2.24, 2.45) is 0 Å². The Bertz CT molecular complexity index is 881. The standard InChI is InChI=1S/C21H26F3N5O2/c22-21(23,24)18-13-17(15-5-2-1-3-6-15)27-19-16(14-26-29(18)19)20(30)25-7-4-8-28-9-11-31-12-10-28/h1-3,5-6,14,17-18,27H,4,7-13H2,(H,25,30)/t17-,18+/m1/s1. The highest BCUT2D eigenvalue weighted by molar-refractivity contribution is 5.98. The van der Waals surface area contributed by atoms with Gasteiger partial charge in [0.25, 0.3) is 5.91 Å². The number of aromatic nitrogens is 2. The van der Waals surface area contributed by atoms with Gasteiger partial charge in [0.05, 0.1) is 25.5 Å². The van der Waals surface area contributed by atoms with Crippen molar-refractivity contribution in [3.8, 4) is 0 Å². The van der Waals surface area contributed by atoms with Crippen molar-refractivity contribution in [2.75, 3.05) is 44.7 Å². The minimum absolute atomic E-state index is 0.105. The molecule has 0 unspecified atom stereocenters. The van der Waals surface area contributed by atoms with Gasteiger partial charge in [0.15, 0.2) is 6.04 Å². The molecule has 3 heterocycles. The van der Waals surface area contributed by atoms with Crippen molar-refractivity contribution in [3.63, 3.8) is 0 Å². The maximum absolute atomic E-state index is 13.7. The summed E-state index contributed by atoms with van der Waals surface area (Å²) in [5.41, 5.74) is 0.863. The van der Waals surface area contributed by atoms with Crippen molar-refractivity contribution < 1.29 is 22.7 Å². The second kappa shape index (κ2) is 9.27. The molecule has 2 N–H and O–H groups in total. The topological polar surface area (TPSA) is 71.4 Å². The highest BCUT2D eigenvalue weighted by Gasteiger charge is 2.47. The first-order chi connectivity index (χ1) is 14.9. The number of nitrogens with one attached hydrogen (secondary N) is 2. The van der Waals surface area contributed by atoms with Gasteiger partial charge in [0, 0.05) is 26.1 Å². The lowest BCUT2D eigenvalue weighted by Gasteiger charge is -2.34. The lowest BCUT2D eigenvalue weighted by Crippen LogP contribution is -2.38. The molecule has 0 spiro atoms. The van der Waals surface area contributed by atoms with Crippen LogP contribution in [0.4, 0.5) is 19.0 Å². The molecule has 2 aliphatic heterocycles. The van der Waals surface area contributed by atoms with Gasteiger partial charge in [-0.2, -0.15) is 18.3 Å². The van der Waals surface area contributed by atoms with Gasteiger partial charge in [0.2, 0.25) is 0 Å². The zero-order valence-corrected chi connectivity index (χ0v) is 17.1. The van der Waals surface area contributed by atoms with Gasteiger partial charge in [-0.1, -0.05) is 30.3 Å². The van der Waals surface area contributed by atoms with E-state index in [4.69, 9.17) is 4.74 Å². The number of amides is 1. The third kappa shape index (κ3) is 5.01. The molecule has 1 aromatic carbocycles. The minimum Gasteiger partial charge on any atom is -0.379 e. The number of ether oxygens (including phenoxy) is 1. The average Bonchev–Trinajstić information content (AvgIpc) is 3.20. The van der Waals surface area contributed by atoms with E-state index in [0.717, 1.165) is 36.3 Å². The molecule has 2 aliphatic rings. The van der Waals surface area contributed by atoms with E-state index in [2.05, 4.69) is 20.6 Å². The summed E-state index contributed by atoms with van der Waals surface area (Å²) in [5, 5.41) is 9.82. The summed E-state index contributed by atoms with van der Waals surface area (Å²) < 4.78 is 47.4. The number of carbonyl (C=O) groups is 1. The molecule has 0 radical (unpaired) electrons. The summed E-state index contributed by atoms with van der Waals surface area (Å²) >= 11 is 0.